The lowest BCUT2D eigenvalue weighted by molar-refractivity contribution is -0.126. The minimum Gasteiger partial charge on any atom is -0.376 e. The molecule has 88 valence electrons. The SMILES string of the molecule is CCC(C)(N)C(=O)NCC1CCCCO1. The van der Waals surface area contributed by atoms with E-state index in [1.807, 2.05) is 6.92 Å². The smallest absolute Gasteiger partial charge is 0.239 e. The molecule has 3 N–H and O–H groups in total. The second-order valence-electron chi connectivity index (χ2n) is 4.47. The molecule has 4 heteroatoms. The summed E-state index contributed by atoms with van der Waals surface area (Å²) in [7, 11) is 0. The van der Waals surface area contributed by atoms with E-state index in [1.54, 1.807) is 6.92 Å². The minimum atomic E-state index is -0.755. The maximum absolute atomic E-state index is 11.6. The molecule has 1 aliphatic rings. The van der Waals surface area contributed by atoms with E-state index in [9.17, 15) is 4.79 Å². The fraction of sp³-hybridized carbons (Fsp3) is 0.909. The van der Waals surface area contributed by atoms with Gasteiger partial charge in [-0.3, -0.25) is 4.79 Å². The molecule has 1 saturated heterocycles. The molecule has 2 atom stereocenters. The zero-order valence-electron chi connectivity index (χ0n) is 9.71. The van der Waals surface area contributed by atoms with Gasteiger partial charge in [-0.1, -0.05) is 6.92 Å². The highest BCUT2D eigenvalue weighted by molar-refractivity contribution is 5.85. The first-order valence-corrected chi connectivity index (χ1v) is 5.75. The highest BCUT2D eigenvalue weighted by atomic mass is 16.5. The summed E-state index contributed by atoms with van der Waals surface area (Å²) in [5.41, 5.74) is 5.07. The Morgan fingerprint density at radius 3 is 2.87 bits per heavy atom. The summed E-state index contributed by atoms with van der Waals surface area (Å²) < 4.78 is 5.52. The number of nitrogens with two attached hydrogens (primary N) is 1. The van der Waals surface area contributed by atoms with Crippen LogP contribution in [0.4, 0.5) is 0 Å². The lowest BCUT2D eigenvalue weighted by Crippen LogP contribution is -2.52. The Balaban J connectivity index is 2.26. The van der Waals surface area contributed by atoms with E-state index in [4.69, 9.17) is 10.5 Å². The van der Waals surface area contributed by atoms with Crippen molar-refractivity contribution in [2.75, 3.05) is 13.2 Å². The Labute approximate surface area is 91.5 Å². The van der Waals surface area contributed by atoms with Crippen molar-refractivity contribution in [2.24, 2.45) is 5.73 Å². The Bertz CT molecular complexity index is 211. The lowest BCUT2D eigenvalue weighted by atomic mass is 9.99. The molecule has 0 radical (unpaired) electrons. The minimum absolute atomic E-state index is 0.0841. The summed E-state index contributed by atoms with van der Waals surface area (Å²) in [5, 5.41) is 2.85. The molecule has 1 aliphatic heterocycles. The number of amides is 1. The van der Waals surface area contributed by atoms with Gasteiger partial charge < -0.3 is 15.8 Å². The van der Waals surface area contributed by atoms with E-state index >= 15 is 0 Å². The molecule has 2 unspecified atom stereocenters. The molecule has 0 aliphatic carbocycles. The second-order valence-corrected chi connectivity index (χ2v) is 4.47. The van der Waals surface area contributed by atoms with E-state index in [1.165, 1.54) is 6.42 Å². The average molecular weight is 214 g/mol. The summed E-state index contributed by atoms with van der Waals surface area (Å²) in [4.78, 5) is 11.6. The molecule has 1 amide bonds. The lowest BCUT2D eigenvalue weighted by Gasteiger charge is -2.26. The topological polar surface area (TPSA) is 64.4 Å². The Hall–Kier alpha value is -0.610. The molecule has 0 bridgehead atoms. The van der Waals surface area contributed by atoms with Gasteiger partial charge in [0, 0.05) is 13.2 Å². The van der Waals surface area contributed by atoms with Crippen molar-refractivity contribution >= 4 is 5.91 Å². The van der Waals surface area contributed by atoms with Crippen LogP contribution in [0.2, 0.25) is 0 Å². The predicted octanol–water partition coefficient (Wildman–Crippen LogP) is 0.799. The highest BCUT2D eigenvalue weighted by Gasteiger charge is 2.26. The van der Waals surface area contributed by atoms with Crippen LogP contribution in [0.5, 0.6) is 0 Å². The van der Waals surface area contributed by atoms with Crippen LogP contribution in [0.1, 0.15) is 39.5 Å². The summed E-state index contributed by atoms with van der Waals surface area (Å²) in [6.45, 7) is 5.07. The molecule has 0 saturated carbocycles. The first-order chi connectivity index (χ1) is 7.06. The van der Waals surface area contributed by atoms with Gasteiger partial charge in [-0.25, -0.2) is 0 Å². The maximum Gasteiger partial charge on any atom is 0.239 e. The zero-order valence-corrected chi connectivity index (χ0v) is 9.71. The third-order valence-electron chi connectivity index (χ3n) is 3.02. The van der Waals surface area contributed by atoms with Crippen molar-refractivity contribution in [1.82, 2.24) is 5.32 Å². The molecule has 0 aromatic carbocycles. The van der Waals surface area contributed by atoms with Gasteiger partial charge >= 0.3 is 0 Å². The molecule has 1 rings (SSSR count). The van der Waals surface area contributed by atoms with Gasteiger partial charge in [0.25, 0.3) is 0 Å². The van der Waals surface area contributed by atoms with Crippen LogP contribution < -0.4 is 11.1 Å². The maximum atomic E-state index is 11.6. The van der Waals surface area contributed by atoms with Gasteiger partial charge in [0.2, 0.25) is 5.91 Å². The monoisotopic (exact) mass is 214 g/mol. The van der Waals surface area contributed by atoms with Crippen molar-refractivity contribution in [3.63, 3.8) is 0 Å². The molecule has 1 heterocycles. The molecule has 0 spiro atoms. The van der Waals surface area contributed by atoms with E-state index in [-0.39, 0.29) is 12.0 Å². The molecule has 0 aromatic rings. The van der Waals surface area contributed by atoms with Gasteiger partial charge in [-0.2, -0.15) is 0 Å². The van der Waals surface area contributed by atoms with Crippen molar-refractivity contribution in [3.05, 3.63) is 0 Å². The van der Waals surface area contributed by atoms with Crippen molar-refractivity contribution in [1.29, 1.82) is 0 Å². The second kappa shape index (κ2) is 5.47. The summed E-state index contributed by atoms with van der Waals surface area (Å²) in [6, 6.07) is 0. The number of hydrogen-bond donors (Lipinski definition) is 2. The Morgan fingerprint density at radius 1 is 1.60 bits per heavy atom. The summed E-state index contributed by atoms with van der Waals surface area (Å²) >= 11 is 0. The molecular weight excluding hydrogens is 192 g/mol. The number of ether oxygens (including phenoxy) is 1. The summed E-state index contributed by atoms with van der Waals surface area (Å²) in [5.74, 6) is -0.0841. The van der Waals surface area contributed by atoms with E-state index in [0.29, 0.717) is 13.0 Å². The third kappa shape index (κ3) is 3.80. The van der Waals surface area contributed by atoms with Crippen molar-refractivity contribution in [3.8, 4) is 0 Å². The molecule has 15 heavy (non-hydrogen) atoms. The highest BCUT2D eigenvalue weighted by Crippen LogP contribution is 2.12. The fourth-order valence-corrected chi connectivity index (χ4v) is 1.54. The van der Waals surface area contributed by atoms with Crippen LogP contribution >= 0.6 is 0 Å². The zero-order chi connectivity index (χ0) is 11.3. The number of rotatable bonds is 4. The van der Waals surface area contributed by atoms with Gasteiger partial charge in [-0.15, -0.1) is 0 Å². The fourth-order valence-electron chi connectivity index (χ4n) is 1.54. The van der Waals surface area contributed by atoms with Gasteiger partial charge in [-0.05, 0) is 32.6 Å². The number of hydrogen-bond acceptors (Lipinski definition) is 3. The van der Waals surface area contributed by atoms with Crippen LogP contribution in [0.15, 0.2) is 0 Å². The van der Waals surface area contributed by atoms with Crippen LogP contribution in [0, 0.1) is 0 Å². The normalized spacial score (nSPS) is 25.7. The van der Waals surface area contributed by atoms with Crippen molar-refractivity contribution < 1.29 is 9.53 Å². The van der Waals surface area contributed by atoms with Crippen LogP contribution in [-0.2, 0) is 9.53 Å². The Kier molecular flexibility index (Phi) is 4.54. The third-order valence-corrected chi connectivity index (χ3v) is 3.02. The molecule has 0 aromatic heterocycles. The molecule has 1 fully saturated rings. The van der Waals surface area contributed by atoms with Gasteiger partial charge in [0.15, 0.2) is 0 Å². The first-order valence-electron chi connectivity index (χ1n) is 5.75. The summed E-state index contributed by atoms with van der Waals surface area (Å²) in [6.07, 6.45) is 4.18. The van der Waals surface area contributed by atoms with Crippen LogP contribution in [-0.4, -0.2) is 30.7 Å². The largest absolute Gasteiger partial charge is 0.376 e. The van der Waals surface area contributed by atoms with E-state index < -0.39 is 5.54 Å². The number of nitrogens with one attached hydrogen (secondary N) is 1. The van der Waals surface area contributed by atoms with Crippen molar-refractivity contribution in [2.45, 2.75) is 51.2 Å². The standard InChI is InChI=1S/C11H22N2O2/c1-3-11(2,12)10(14)13-8-9-6-4-5-7-15-9/h9H,3-8,12H2,1-2H3,(H,13,14). The Morgan fingerprint density at radius 2 is 2.33 bits per heavy atom. The van der Waals surface area contributed by atoms with Gasteiger partial charge in [0.1, 0.15) is 0 Å². The predicted molar refractivity (Wildman–Crippen MR) is 59.5 cm³/mol. The van der Waals surface area contributed by atoms with E-state index in [2.05, 4.69) is 5.32 Å². The van der Waals surface area contributed by atoms with E-state index in [0.717, 1.165) is 19.4 Å². The number of carbonyl (C=O) groups excluding carboxylic acids is 1. The average Bonchev–Trinajstić information content (AvgIpc) is 2.27. The number of carbonyl (C=O) groups is 1. The molecular formula is C11H22N2O2. The first kappa shape index (κ1) is 12.5. The van der Waals surface area contributed by atoms with Crippen LogP contribution in [0.3, 0.4) is 0 Å². The molecule has 4 nitrogen and oxygen atoms in total. The van der Waals surface area contributed by atoms with Crippen LogP contribution in [0.25, 0.3) is 0 Å². The van der Waals surface area contributed by atoms with Gasteiger partial charge in [0.05, 0.1) is 11.6 Å². The quantitative estimate of drug-likeness (QED) is 0.727.